The first kappa shape index (κ1) is 15.3. The van der Waals surface area contributed by atoms with Crippen molar-refractivity contribution < 1.29 is 9.53 Å². The molecule has 2 aromatic heterocycles. The molecule has 120 valence electrons. The molecule has 5 heteroatoms. The van der Waals surface area contributed by atoms with Crippen molar-refractivity contribution in [3.63, 3.8) is 0 Å². The number of para-hydroxylation sites is 1. The van der Waals surface area contributed by atoms with Crippen molar-refractivity contribution in [2.75, 3.05) is 6.61 Å². The van der Waals surface area contributed by atoms with Gasteiger partial charge in [-0.25, -0.2) is 9.78 Å². The molecule has 0 saturated carbocycles. The van der Waals surface area contributed by atoms with Crippen LogP contribution >= 0.6 is 0 Å². The van der Waals surface area contributed by atoms with E-state index in [2.05, 4.69) is 28.8 Å². The van der Waals surface area contributed by atoms with E-state index in [9.17, 15) is 4.79 Å². The Kier molecular flexibility index (Phi) is 4.19. The molecule has 0 bridgehead atoms. The maximum Gasteiger partial charge on any atom is 0.358 e. The number of hydrogen-bond donors (Lipinski definition) is 2. The lowest BCUT2D eigenvalue weighted by molar-refractivity contribution is 0.0518. The molecule has 3 rings (SSSR count). The minimum atomic E-state index is -0.373. The molecule has 0 aliphatic rings. The normalized spacial score (nSPS) is 11.3. The molecule has 0 amide bonds. The number of hydrogen-bond acceptors (Lipinski definition) is 3. The molecule has 0 aliphatic heterocycles. The molecule has 0 unspecified atom stereocenters. The van der Waals surface area contributed by atoms with Gasteiger partial charge in [-0.05, 0) is 31.4 Å². The summed E-state index contributed by atoms with van der Waals surface area (Å²) in [6.07, 6.45) is 0.751. The highest BCUT2D eigenvalue weighted by atomic mass is 16.5. The van der Waals surface area contributed by atoms with Gasteiger partial charge in [0.2, 0.25) is 0 Å². The van der Waals surface area contributed by atoms with Crippen molar-refractivity contribution in [1.82, 2.24) is 15.0 Å². The third-order valence-electron chi connectivity index (χ3n) is 3.64. The largest absolute Gasteiger partial charge is 0.461 e. The predicted octanol–water partition coefficient (Wildman–Crippen LogP) is 3.93. The maximum absolute atomic E-state index is 12.1. The number of nitrogens with one attached hydrogen (secondary N) is 2. The molecular weight excluding hydrogens is 290 g/mol. The fraction of sp³-hybridized carbons (Fsp3) is 0.333. The lowest BCUT2D eigenvalue weighted by Gasteiger charge is -2.04. The van der Waals surface area contributed by atoms with Gasteiger partial charge in [-0.15, -0.1) is 0 Å². The van der Waals surface area contributed by atoms with Gasteiger partial charge < -0.3 is 14.7 Å². The summed E-state index contributed by atoms with van der Waals surface area (Å²) in [5.74, 6) is 0.709. The summed E-state index contributed by atoms with van der Waals surface area (Å²) < 4.78 is 5.13. The summed E-state index contributed by atoms with van der Waals surface area (Å²) in [6, 6.07) is 10.1. The molecule has 1 aromatic carbocycles. The molecule has 0 spiro atoms. The van der Waals surface area contributed by atoms with Gasteiger partial charge in [0, 0.05) is 10.9 Å². The van der Waals surface area contributed by atoms with Gasteiger partial charge in [0.1, 0.15) is 0 Å². The molecule has 2 heterocycles. The van der Waals surface area contributed by atoms with Gasteiger partial charge in [-0.3, -0.25) is 0 Å². The third-order valence-corrected chi connectivity index (χ3v) is 3.64. The summed E-state index contributed by atoms with van der Waals surface area (Å²) >= 11 is 0. The van der Waals surface area contributed by atoms with Crippen LogP contribution in [0.5, 0.6) is 0 Å². The summed E-state index contributed by atoms with van der Waals surface area (Å²) in [5.41, 5.74) is 3.12. The van der Waals surface area contributed by atoms with Gasteiger partial charge in [0.15, 0.2) is 11.5 Å². The van der Waals surface area contributed by atoms with Crippen LogP contribution < -0.4 is 0 Å². The van der Waals surface area contributed by atoms with Crippen molar-refractivity contribution in [1.29, 1.82) is 0 Å². The van der Waals surface area contributed by atoms with Crippen LogP contribution in [0.15, 0.2) is 30.3 Å². The number of imidazole rings is 1. The Morgan fingerprint density at radius 3 is 2.74 bits per heavy atom. The van der Waals surface area contributed by atoms with Crippen molar-refractivity contribution in [3.05, 3.63) is 41.7 Å². The number of nitrogens with zero attached hydrogens (tertiary/aromatic N) is 1. The van der Waals surface area contributed by atoms with Crippen LogP contribution in [0.4, 0.5) is 0 Å². The van der Waals surface area contributed by atoms with Crippen LogP contribution in [-0.2, 0) is 11.2 Å². The predicted molar refractivity (Wildman–Crippen MR) is 90.4 cm³/mol. The second-order valence-electron chi connectivity index (χ2n) is 6.00. The molecule has 3 aromatic rings. The first-order chi connectivity index (χ1) is 11.1. The first-order valence-corrected chi connectivity index (χ1v) is 7.92. The SMILES string of the molecule is CCOC(=O)c1nc(-c2cc3ccccc3[nH]2)[nH]c1CC(C)C. The van der Waals surface area contributed by atoms with E-state index in [0.717, 1.165) is 28.7 Å². The topological polar surface area (TPSA) is 70.8 Å². The van der Waals surface area contributed by atoms with Gasteiger partial charge in [0.05, 0.1) is 18.0 Å². The minimum Gasteiger partial charge on any atom is -0.461 e. The summed E-state index contributed by atoms with van der Waals surface area (Å²) in [6.45, 7) is 6.36. The molecule has 23 heavy (non-hydrogen) atoms. The number of benzene rings is 1. The van der Waals surface area contributed by atoms with E-state index < -0.39 is 0 Å². The number of H-pyrrole nitrogens is 2. The zero-order valence-corrected chi connectivity index (χ0v) is 13.6. The number of carbonyl (C=O) groups excluding carboxylic acids is 1. The van der Waals surface area contributed by atoms with E-state index in [4.69, 9.17) is 4.74 Å². The monoisotopic (exact) mass is 311 g/mol. The Hall–Kier alpha value is -2.56. The van der Waals surface area contributed by atoms with E-state index >= 15 is 0 Å². The average molecular weight is 311 g/mol. The quantitative estimate of drug-likeness (QED) is 0.701. The molecule has 0 saturated heterocycles. The van der Waals surface area contributed by atoms with Crippen LogP contribution in [-0.4, -0.2) is 27.5 Å². The Labute approximate surface area is 135 Å². The van der Waals surface area contributed by atoms with Crippen molar-refractivity contribution in [2.45, 2.75) is 27.2 Å². The summed E-state index contributed by atoms with van der Waals surface area (Å²) in [4.78, 5) is 23.3. The number of aromatic amines is 2. The van der Waals surface area contributed by atoms with Crippen LogP contribution in [0.1, 0.15) is 37.0 Å². The van der Waals surface area contributed by atoms with Crippen molar-refractivity contribution in [3.8, 4) is 11.5 Å². The zero-order valence-electron chi connectivity index (χ0n) is 13.6. The number of rotatable bonds is 5. The van der Waals surface area contributed by atoms with Crippen molar-refractivity contribution >= 4 is 16.9 Å². The highest BCUT2D eigenvalue weighted by Crippen LogP contribution is 2.24. The molecule has 0 fully saturated rings. The Morgan fingerprint density at radius 1 is 1.26 bits per heavy atom. The smallest absolute Gasteiger partial charge is 0.358 e. The van der Waals surface area contributed by atoms with Crippen LogP contribution in [0.25, 0.3) is 22.4 Å². The fourth-order valence-electron chi connectivity index (χ4n) is 2.66. The number of fused-ring (bicyclic) bond motifs is 1. The zero-order chi connectivity index (χ0) is 16.4. The Bertz CT molecular complexity index is 797. The summed E-state index contributed by atoms with van der Waals surface area (Å²) in [5, 5.41) is 1.11. The summed E-state index contributed by atoms with van der Waals surface area (Å²) in [7, 11) is 0. The standard InChI is InChI=1S/C18H21N3O2/c1-4-23-18(22)16-14(9-11(2)3)20-17(21-16)15-10-12-7-5-6-8-13(12)19-15/h5-8,10-11,19H,4,9H2,1-3H3,(H,20,21). The number of esters is 1. The molecular formula is C18H21N3O2. The van der Waals surface area contributed by atoms with Crippen LogP contribution in [0.3, 0.4) is 0 Å². The molecule has 0 radical (unpaired) electrons. The molecule has 2 N–H and O–H groups in total. The van der Waals surface area contributed by atoms with Crippen LogP contribution in [0.2, 0.25) is 0 Å². The Morgan fingerprint density at radius 2 is 2.04 bits per heavy atom. The minimum absolute atomic E-state index is 0.342. The third kappa shape index (κ3) is 3.13. The maximum atomic E-state index is 12.1. The van der Waals surface area contributed by atoms with E-state index in [-0.39, 0.29) is 5.97 Å². The average Bonchev–Trinajstić information content (AvgIpc) is 3.10. The van der Waals surface area contributed by atoms with Gasteiger partial charge in [-0.1, -0.05) is 32.0 Å². The van der Waals surface area contributed by atoms with E-state index in [0.29, 0.717) is 24.0 Å². The molecule has 0 aliphatic carbocycles. The van der Waals surface area contributed by atoms with Gasteiger partial charge in [-0.2, -0.15) is 0 Å². The van der Waals surface area contributed by atoms with Crippen LogP contribution in [0, 0.1) is 5.92 Å². The Balaban J connectivity index is 2.03. The molecule has 5 nitrogen and oxygen atoms in total. The van der Waals surface area contributed by atoms with E-state index in [1.165, 1.54) is 0 Å². The van der Waals surface area contributed by atoms with Gasteiger partial charge >= 0.3 is 5.97 Å². The highest BCUT2D eigenvalue weighted by molar-refractivity contribution is 5.90. The second-order valence-corrected chi connectivity index (χ2v) is 6.00. The highest BCUT2D eigenvalue weighted by Gasteiger charge is 2.20. The van der Waals surface area contributed by atoms with E-state index in [1.807, 2.05) is 30.3 Å². The molecule has 0 atom stereocenters. The van der Waals surface area contributed by atoms with Gasteiger partial charge in [0.25, 0.3) is 0 Å². The fourth-order valence-corrected chi connectivity index (χ4v) is 2.66. The number of carbonyl (C=O) groups is 1. The first-order valence-electron chi connectivity index (χ1n) is 7.92. The number of ether oxygens (including phenoxy) is 1. The van der Waals surface area contributed by atoms with E-state index in [1.54, 1.807) is 6.92 Å². The lowest BCUT2D eigenvalue weighted by atomic mass is 10.1. The lowest BCUT2D eigenvalue weighted by Crippen LogP contribution is -2.09. The second kappa shape index (κ2) is 6.28. The number of aromatic nitrogens is 3. The van der Waals surface area contributed by atoms with Crippen molar-refractivity contribution in [2.24, 2.45) is 5.92 Å².